The smallest absolute Gasteiger partial charge is 0.387 e. The topological polar surface area (TPSA) is 66.0 Å². The SMILES string of the molecule is CC(C)n1nc(-c2cnc(N)c(OC(F)F)c2)cc1C1[C@H]2CC(Cl)C[C@@H]12. The molecule has 0 radical (unpaired) electrons. The maximum absolute atomic E-state index is 12.5. The zero-order chi connectivity index (χ0) is 18.6. The lowest BCUT2D eigenvalue weighted by Crippen LogP contribution is -2.09. The molecule has 2 saturated carbocycles. The lowest BCUT2D eigenvalue weighted by atomic mass is 10.1. The maximum Gasteiger partial charge on any atom is 0.387 e. The van der Waals surface area contributed by atoms with Gasteiger partial charge in [0.05, 0.1) is 5.69 Å². The van der Waals surface area contributed by atoms with Crippen LogP contribution in [0.2, 0.25) is 0 Å². The van der Waals surface area contributed by atoms with E-state index in [9.17, 15) is 8.78 Å². The fraction of sp³-hybridized carbons (Fsp3) is 0.556. The molecule has 2 aromatic heterocycles. The summed E-state index contributed by atoms with van der Waals surface area (Å²) in [6, 6.07) is 3.70. The second kappa shape index (κ2) is 6.37. The van der Waals surface area contributed by atoms with Crippen molar-refractivity contribution in [2.75, 3.05) is 5.73 Å². The van der Waals surface area contributed by atoms with Crippen molar-refractivity contribution in [3.8, 4) is 17.0 Å². The highest BCUT2D eigenvalue weighted by atomic mass is 35.5. The highest BCUT2D eigenvalue weighted by Crippen LogP contribution is 2.64. The first-order valence-corrected chi connectivity index (χ1v) is 9.23. The minimum Gasteiger partial charge on any atom is -0.431 e. The fourth-order valence-electron chi connectivity index (χ4n) is 4.21. The average molecular weight is 383 g/mol. The van der Waals surface area contributed by atoms with Gasteiger partial charge < -0.3 is 10.5 Å². The van der Waals surface area contributed by atoms with Crippen LogP contribution in [0.25, 0.3) is 11.3 Å². The zero-order valence-electron chi connectivity index (χ0n) is 14.6. The molecule has 2 aliphatic carbocycles. The monoisotopic (exact) mass is 382 g/mol. The predicted octanol–water partition coefficient (Wildman–Crippen LogP) is 4.44. The molecule has 2 N–H and O–H groups in total. The molecular weight excluding hydrogens is 362 g/mol. The number of rotatable bonds is 5. The lowest BCUT2D eigenvalue weighted by molar-refractivity contribution is -0.0494. The molecule has 0 amide bonds. The first-order chi connectivity index (χ1) is 12.3. The number of aromatic nitrogens is 3. The lowest BCUT2D eigenvalue weighted by Gasteiger charge is -2.13. The van der Waals surface area contributed by atoms with Crippen LogP contribution in [-0.4, -0.2) is 26.8 Å². The summed E-state index contributed by atoms with van der Waals surface area (Å²) in [6.45, 7) is 1.21. The third kappa shape index (κ3) is 3.02. The van der Waals surface area contributed by atoms with Gasteiger partial charge >= 0.3 is 6.61 Å². The largest absolute Gasteiger partial charge is 0.431 e. The van der Waals surface area contributed by atoms with E-state index in [1.807, 2.05) is 10.7 Å². The molecule has 0 bridgehead atoms. The summed E-state index contributed by atoms with van der Waals surface area (Å²) < 4.78 is 31.6. The Morgan fingerprint density at radius 1 is 1.27 bits per heavy atom. The van der Waals surface area contributed by atoms with Crippen LogP contribution in [0.1, 0.15) is 44.3 Å². The minimum atomic E-state index is -2.95. The van der Waals surface area contributed by atoms with Crippen LogP contribution in [0.3, 0.4) is 0 Å². The Morgan fingerprint density at radius 2 is 1.96 bits per heavy atom. The van der Waals surface area contributed by atoms with E-state index in [-0.39, 0.29) is 23.0 Å². The highest BCUT2D eigenvalue weighted by molar-refractivity contribution is 6.20. The van der Waals surface area contributed by atoms with Crippen molar-refractivity contribution < 1.29 is 13.5 Å². The number of hydrogen-bond acceptors (Lipinski definition) is 4. The average Bonchev–Trinajstić information content (AvgIpc) is 2.94. The van der Waals surface area contributed by atoms with Gasteiger partial charge in [-0.2, -0.15) is 13.9 Å². The van der Waals surface area contributed by atoms with E-state index < -0.39 is 6.61 Å². The fourth-order valence-corrected chi connectivity index (χ4v) is 4.62. The summed E-state index contributed by atoms with van der Waals surface area (Å²) in [5, 5.41) is 4.98. The number of alkyl halides is 3. The molecule has 2 unspecified atom stereocenters. The molecule has 2 heterocycles. The normalized spacial score (nSPS) is 27.2. The third-order valence-electron chi connectivity index (χ3n) is 5.38. The number of halogens is 3. The van der Waals surface area contributed by atoms with Gasteiger partial charge in [-0.15, -0.1) is 11.6 Å². The van der Waals surface area contributed by atoms with Gasteiger partial charge in [0.25, 0.3) is 0 Å². The summed E-state index contributed by atoms with van der Waals surface area (Å²) >= 11 is 6.25. The van der Waals surface area contributed by atoms with Crippen molar-refractivity contribution >= 4 is 17.4 Å². The molecular formula is C18H21ClF2N4O. The standard InChI is InChI=1S/C18H21ClF2N4O/c1-8(2)25-14(16-11-4-10(19)5-12(11)16)6-13(24-25)9-3-15(26-18(20)21)17(22)23-7-9/h3,6-8,10-12,16,18H,4-5H2,1-2H3,(H2,22,23)/t10?,11-,12+,16?. The number of pyridine rings is 1. The van der Waals surface area contributed by atoms with Crippen molar-refractivity contribution in [2.24, 2.45) is 11.8 Å². The number of anilines is 1. The molecule has 26 heavy (non-hydrogen) atoms. The Labute approximate surface area is 155 Å². The van der Waals surface area contributed by atoms with Gasteiger partial charge in [0.15, 0.2) is 11.6 Å². The Hall–Kier alpha value is -1.89. The molecule has 2 aliphatic rings. The summed E-state index contributed by atoms with van der Waals surface area (Å²) in [4.78, 5) is 3.97. The molecule has 4 rings (SSSR count). The second-order valence-corrected chi connectivity index (χ2v) is 8.02. The number of nitrogens with two attached hydrogens (primary N) is 1. The number of hydrogen-bond donors (Lipinski definition) is 1. The number of ether oxygens (including phenoxy) is 1. The van der Waals surface area contributed by atoms with Crippen molar-refractivity contribution in [3.63, 3.8) is 0 Å². The van der Waals surface area contributed by atoms with Crippen molar-refractivity contribution in [1.82, 2.24) is 14.8 Å². The van der Waals surface area contributed by atoms with Crippen LogP contribution in [0.5, 0.6) is 5.75 Å². The molecule has 2 aromatic rings. The van der Waals surface area contributed by atoms with E-state index in [1.165, 1.54) is 18.0 Å². The Morgan fingerprint density at radius 3 is 2.58 bits per heavy atom. The Kier molecular flexibility index (Phi) is 4.29. The Balaban J connectivity index is 1.67. The molecule has 4 atom stereocenters. The molecule has 8 heteroatoms. The van der Waals surface area contributed by atoms with Gasteiger partial charge in [-0.05, 0) is 50.7 Å². The molecule has 2 fully saturated rings. The minimum absolute atomic E-state index is 0.0672. The van der Waals surface area contributed by atoms with Crippen LogP contribution in [0.15, 0.2) is 18.3 Å². The number of nitrogen functional groups attached to an aromatic ring is 1. The Bertz CT molecular complexity index is 814. The summed E-state index contributed by atoms with van der Waals surface area (Å²) in [6.07, 6.45) is 3.63. The first kappa shape index (κ1) is 17.5. The number of nitrogens with zero attached hydrogens (tertiary/aromatic N) is 3. The van der Waals surface area contributed by atoms with Crippen LogP contribution in [0, 0.1) is 11.8 Å². The molecule has 0 aromatic carbocycles. The maximum atomic E-state index is 12.5. The first-order valence-electron chi connectivity index (χ1n) is 8.79. The van der Waals surface area contributed by atoms with Crippen LogP contribution < -0.4 is 10.5 Å². The van der Waals surface area contributed by atoms with Gasteiger partial charge in [-0.25, -0.2) is 4.98 Å². The molecule has 140 valence electrons. The van der Waals surface area contributed by atoms with Gasteiger partial charge in [0.1, 0.15) is 0 Å². The van der Waals surface area contributed by atoms with E-state index >= 15 is 0 Å². The highest BCUT2D eigenvalue weighted by Gasteiger charge is 2.57. The summed E-state index contributed by atoms with van der Waals surface area (Å²) in [5.74, 6) is 1.53. The van der Waals surface area contributed by atoms with Crippen molar-refractivity contribution in [1.29, 1.82) is 0 Å². The van der Waals surface area contributed by atoms with Gasteiger partial charge in [0, 0.05) is 34.8 Å². The molecule has 0 aliphatic heterocycles. The second-order valence-electron chi connectivity index (χ2n) is 7.40. The van der Waals surface area contributed by atoms with Gasteiger partial charge in [0.2, 0.25) is 0 Å². The van der Waals surface area contributed by atoms with Gasteiger partial charge in [-0.3, -0.25) is 4.68 Å². The summed E-state index contributed by atoms with van der Waals surface area (Å²) in [7, 11) is 0. The van der Waals surface area contributed by atoms with E-state index in [2.05, 4.69) is 23.6 Å². The third-order valence-corrected chi connectivity index (χ3v) is 5.73. The molecule has 0 spiro atoms. The number of fused-ring (bicyclic) bond motifs is 1. The van der Waals surface area contributed by atoms with E-state index in [0.717, 1.165) is 12.8 Å². The van der Waals surface area contributed by atoms with E-state index in [0.29, 0.717) is 29.0 Å². The van der Waals surface area contributed by atoms with Crippen molar-refractivity contribution in [2.45, 2.75) is 50.6 Å². The predicted molar refractivity (Wildman–Crippen MR) is 95.5 cm³/mol. The van der Waals surface area contributed by atoms with Crippen molar-refractivity contribution in [3.05, 3.63) is 24.0 Å². The molecule has 5 nitrogen and oxygen atoms in total. The van der Waals surface area contributed by atoms with Crippen LogP contribution in [-0.2, 0) is 0 Å². The quantitative estimate of drug-likeness (QED) is 0.776. The van der Waals surface area contributed by atoms with E-state index in [1.54, 1.807) is 0 Å². The molecule has 0 saturated heterocycles. The van der Waals surface area contributed by atoms with Gasteiger partial charge in [-0.1, -0.05) is 0 Å². The van der Waals surface area contributed by atoms with Crippen LogP contribution >= 0.6 is 11.6 Å². The van der Waals surface area contributed by atoms with Crippen LogP contribution in [0.4, 0.5) is 14.6 Å². The zero-order valence-corrected chi connectivity index (χ0v) is 15.3. The summed E-state index contributed by atoms with van der Waals surface area (Å²) in [5.41, 5.74) is 8.10. The van der Waals surface area contributed by atoms with E-state index in [4.69, 9.17) is 22.4 Å².